The Labute approximate surface area is 124 Å². The summed E-state index contributed by atoms with van der Waals surface area (Å²) in [6.07, 6.45) is 2.01. The van der Waals surface area contributed by atoms with Crippen molar-refractivity contribution in [3.8, 4) is 0 Å². The molecule has 0 saturated carbocycles. The molecule has 1 aliphatic rings. The molecule has 0 aromatic heterocycles. The molecule has 0 bridgehead atoms. The van der Waals surface area contributed by atoms with E-state index < -0.39 is 0 Å². The molecule has 1 aliphatic heterocycles. The van der Waals surface area contributed by atoms with E-state index in [0.29, 0.717) is 12.8 Å². The molecular weight excluding hydrogens is 265 g/mol. The Kier molecular flexibility index (Phi) is 3.74. The molecule has 1 atom stereocenters. The first kappa shape index (κ1) is 13.8. The lowest BCUT2D eigenvalue weighted by molar-refractivity contribution is -0.118. The summed E-state index contributed by atoms with van der Waals surface area (Å²) in [5, 5.41) is 0. The summed E-state index contributed by atoms with van der Waals surface area (Å²) in [7, 11) is 0. The van der Waals surface area contributed by atoms with Gasteiger partial charge in [0.15, 0.2) is 0 Å². The third-order valence-corrected chi connectivity index (χ3v) is 4.02. The number of hydrogen-bond donors (Lipinski definition) is 0. The molecule has 0 fully saturated rings. The van der Waals surface area contributed by atoms with Crippen molar-refractivity contribution in [1.82, 2.24) is 0 Å². The zero-order valence-electron chi connectivity index (χ0n) is 12.1. The highest BCUT2D eigenvalue weighted by Crippen LogP contribution is 2.32. The van der Waals surface area contributed by atoms with Gasteiger partial charge in [0.25, 0.3) is 0 Å². The smallest absolute Gasteiger partial charge is 0.227 e. The number of hydrogen-bond acceptors (Lipinski definition) is 1. The van der Waals surface area contributed by atoms with Crippen molar-refractivity contribution in [3.63, 3.8) is 0 Å². The topological polar surface area (TPSA) is 20.3 Å². The first-order chi connectivity index (χ1) is 10.1. The Bertz CT molecular complexity index is 651. The van der Waals surface area contributed by atoms with Gasteiger partial charge in [0.05, 0.1) is 0 Å². The van der Waals surface area contributed by atoms with Gasteiger partial charge in [0.2, 0.25) is 5.91 Å². The number of para-hydroxylation sites is 1. The number of aryl methyl sites for hydroxylation is 1. The van der Waals surface area contributed by atoms with Crippen LogP contribution in [0.3, 0.4) is 0 Å². The summed E-state index contributed by atoms with van der Waals surface area (Å²) in [6, 6.07) is 14.6. The zero-order chi connectivity index (χ0) is 14.8. The fraction of sp³-hybridized carbons (Fsp3) is 0.278. The molecular formula is C18H18FNO. The standard InChI is InChI=1S/C18H18FNO/c1-13-12-15-4-2-3-5-17(15)20(13)18(21)11-8-14-6-9-16(19)10-7-14/h2-7,9-10,13H,8,11-12H2,1H3/t13-/m1/s1. The number of nitrogens with zero attached hydrogens (tertiary/aromatic N) is 1. The minimum absolute atomic E-state index is 0.136. The molecule has 3 heteroatoms. The molecule has 108 valence electrons. The van der Waals surface area contributed by atoms with Crippen LogP contribution in [0, 0.1) is 5.82 Å². The number of carbonyl (C=O) groups is 1. The second-order valence-electron chi connectivity index (χ2n) is 5.57. The summed E-state index contributed by atoms with van der Waals surface area (Å²) < 4.78 is 12.9. The predicted molar refractivity (Wildman–Crippen MR) is 81.8 cm³/mol. The Hall–Kier alpha value is -2.16. The molecule has 1 amide bonds. The molecule has 2 aromatic rings. The quantitative estimate of drug-likeness (QED) is 0.840. The molecule has 3 rings (SSSR count). The van der Waals surface area contributed by atoms with Crippen LogP contribution in [0.5, 0.6) is 0 Å². The molecule has 0 saturated heterocycles. The number of fused-ring (bicyclic) bond motifs is 1. The SMILES string of the molecule is C[C@@H]1Cc2ccccc2N1C(=O)CCc1ccc(F)cc1. The van der Waals surface area contributed by atoms with Crippen molar-refractivity contribution in [3.05, 3.63) is 65.5 Å². The van der Waals surface area contributed by atoms with E-state index in [1.54, 1.807) is 12.1 Å². The van der Waals surface area contributed by atoms with Crippen molar-refractivity contribution in [2.24, 2.45) is 0 Å². The van der Waals surface area contributed by atoms with Crippen LogP contribution in [0.1, 0.15) is 24.5 Å². The summed E-state index contributed by atoms with van der Waals surface area (Å²) >= 11 is 0. The lowest BCUT2D eigenvalue weighted by atomic mass is 10.1. The highest BCUT2D eigenvalue weighted by Gasteiger charge is 2.29. The largest absolute Gasteiger partial charge is 0.309 e. The van der Waals surface area contributed by atoms with Crippen LogP contribution in [0.4, 0.5) is 10.1 Å². The summed E-state index contributed by atoms with van der Waals surface area (Å²) in [5.41, 5.74) is 3.26. The minimum Gasteiger partial charge on any atom is -0.309 e. The van der Waals surface area contributed by atoms with E-state index in [1.807, 2.05) is 23.1 Å². The molecule has 0 unspecified atom stereocenters. The highest BCUT2D eigenvalue weighted by molar-refractivity contribution is 5.96. The van der Waals surface area contributed by atoms with E-state index in [-0.39, 0.29) is 17.8 Å². The Morgan fingerprint density at radius 3 is 2.67 bits per heavy atom. The van der Waals surface area contributed by atoms with Crippen molar-refractivity contribution in [2.75, 3.05) is 4.90 Å². The van der Waals surface area contributed by atoms with Crippen LogP contribution in [0.15, 0.2) is 48.5 Å². The molecule has 0 radical (unpaired) electrons. The normalized spacial score (nSPS) is 16.9. The third kappa shape index (κ3) is 2.82. The van der Waals surface area contributed by atoms with Gasteiger partial charge in [-0.05, 0) is 49.1 Å². The summed E-state index contributed by atoms with van der Waals surface area (Å²) in [5.74, 6) is -0.107. The van der Waals surface area contributed by atoms with Crippen molar-refractivity contribution >= 4 is 11.6 Å². The molecule has 0 spiro atoms. The van der Waals surface area contributed by atoms with E-state index in [4.69, 9.17) is 0 Å². The van der Waals surface area contributed by atoms with Gasteiger partial charge in [-0.15, -0.1) is 0 Å². The number of halogens is 1. The van der Waals surface area contributed by atoms with Crippen LogP contribution < -0.4 is 4.90 Å². The monoisotopic (exact) mass is 283 g/mol. The molecule has 21 heavy (non-hydrogen) atoms. The van der Waals surface area contributed by atoms with Crippen LogP contribution in [-0.4, -0.2) is 11.9 Å². The highest BCUT2D eigenvalue weighted by atomic mass is 19.1. The van der Waals surface area contributed by atoms with Gasteiger partial charge < -0.3 is 4.90 Å². The molecule has 1 heterocycles. The third-order valence-electron chi connectivity index (χ3n) is 4.02. The maximum atomic E-state index is 12.9. The van der Waals surface area contributed by atoms with Gasteiger partial charge in [-0.1, -0.05) is 30.3 Å². The maximum absolute atomic E-state index is 12.9. The van der Waals surface area contributed by atoms with Gasteiger partial charge >= 0.3 is 0 Å². The van der Waals surface area contributed by atoms with Crippen molar-refractivity contribution in [1.29, 1.82) is 0 Å². The lowest BCUT2D eigenvalue weighted by Gasteiger charge is -2.22. The Morgan fingerprint density at radius 1 is 1.19 bits per heavy atom. The van der Waals surface area contributed by atoms with E-state index in [2.05, 4.69) is 13.0 Å². The molecule has 2 nitrogen and oxygen atoms in total. The molecule has 0 aliphatic carbocycles. The van der Waals surface area contributed by atoms with Gasteiger partial charge in [-0.2, -0.15) is 0 Å². The summed E-state index contributed by atoms with van der Waals surface area (Å²) in [6.45, 7) is 2.08. The van der Waals surface area contributed by atoms with Crippen LogP contribution in [0.2, 0.25) is 0 Å². The van der Waals surface area contributed by atoms with E-state index in [9.17, 15) is 9.18 Å². The summed E-state index contributed by atoms with van der Waals surface area (Å²) in [4.78, 5) is 14.4. The fourth-order valence-electron chi connectivity index (χ4n) is 2.97. The van der Waals surface area contributed by atoms with Gasteiger partial charge in [-0.25, -0.2) is 4.39 Å². The average Bonchev–Trinajstić information content (AvgIpc) is 2.82. The first-order valence-corrected chi connectivity index (χ1v) is 7.29. The molecule has 0 N–H and O–H groups in total. The van der Waals surface area contributed by atoms with Crippen LogP contribution in [0.25, 0.3) is 0 Å². The van der Waals surface area contributed by atoms with Crippen molar-refractivity contribution in [2.45, 2.75) is 32.2 Å². The van der Waals surface area contributed by atoms with Crippen molar-refractivity contribution < 1.29 is 9.18 Å². The lowest BCUT2D eigenvalue weighted by Crippen LogP contribution is -2.35. The number of benzene rings is 2. The average molecular weight is 283 g/mol. The van der Waals surface area contributed by atoms with E-state index in [0.717, 1.165) is 17.7 Å². The number of anilines is 1. The number of carbonyl (C=O) groups excluding carboxylic acids is 1. The van der Waals surface area contributed by atoms with E-state index >= 15 is 0 Å². The second kappa shape index (κ2) is 5.68. The second-order valence-corrected chi connectivity index (χ2v) is 5.57. The van der Waals surface area contributed by atoms with Gasteiger partial charge in [0.1, 0.15) is 5.82 Å². The van der Waals surface area contributed by atoms with Crippen LogP contribution >= 0.6 is 0 Å². The van der Waals surface area contributed by atoms with Gasteiger partial charge in [-0.3, -0.25) is 4.79 Å². The molecule has 2 aromatic carbocycles. The Balaban J connectivity index is 1.70. The Morgan fingerprint density at radius 2 is 1.90 bits per heavy atom. The van der Waals surface area contributed by atoms with Gasteiger partial charge in [0, 0.05) is 18.2 Å². The van der Waals surface area contributed by atoms with E-state index in [1.165, 1.54) is 17.7 Å². The predicted octanol–water partition coefficient (Wildman–Crippen LogP) is 3.74. The minimum atomic E-state index is -0.243. The zero-order valence-corrected chi connectivity index (χ0v) is 12.1. The first-order valence-electron chi connectivity index (χ1n) is 7.29. The number of rotatable bonds is 3. The maximum Gasteiger partial charge on any atom is 0.227 e. The van der Waals surface area contributed by atoms with Crippen LogP contribution in [-0.2, 0) is 17.6 Å². The fourth-order valence-corrected chi connectivity index (χ4v) is 2.97. The number of amides is 1.